The predicted molar refractivity (Wildman–Crippen MR) is 127 cm³/mol. The molecule has 0 saturated carbocycles. The van der Waals surface area contributed by atoms with Gasteiger partial charge in [0.15, 0.2) is 10.9 Å². The second-order valence-electron chi connectivity index (χ2n) is 7.70. The topological polar surface area (TPSA) is 80.3 Å². The standard InChI is InChI=1S/C24H24N6O2S/c31-22(29-14-12-28(13-15-29)21-10-4-5-11-25-21)18-33-24-27-26-23(20-9-6-16-32-20)30(24)17-19-7-2-1-3-8-19/h1-11,16H,12-15,17-18H2. The number of piperazine rings is 1. The Hall–Kier alpha value is -3.59. The van der Waals surface area contributed by atoms with Crippen LogP contribution in [-0.2, 0) is 11.3 Å². The van der Waals surface area contributed by atoms with Gasteiger partial charge in [0.25, 0.3) is 0 Å². The molecule has 4 aromatic rings. The summed E-state index contributed by atoms with van der Waals surface area (Å²) in [5, 5.41) is 9.41. The molecule has 1 saturated heterocycles. The molecule has 1 aromatic carbocycles. The van der Waals surface area contributed by atoms with Crippen LogP contribution in [0.1, 0.15) is 5.56 Å². The van der Waals surface area contributed by atoms with Gasteiger partial charge >= 0.3 is 0 Å². The number of pyridine rings is 1. The number of anilines is 1. The van der Waals surface area contributed by atoms with Crippen LogP contribution in [-0.4, -0.2) is 62.5 Å². The average Bonchev–Trinajstić information content (AvgIpc) is 3.54. The van der Waals surface area contributed by atoms with Crippen LogP contribution in [0.15, 0.2) is 82.7 Å². The van der Waals surface area contributed by atoms with E-state index in [1.165, 1.54) is 11.8 Å². The highest BCUT2D eigenvalue weighted by Crippen LogP contribution is 2.26. The Balaban J connectivity index is 1.24. The van der Waals surface area contributed by atoms with Crippen molar-refractivity contribution in [2.75, 3.05) is 36.8 Å². The van der Waals surface area contributed by atoms with Gasteiger partial charge in [-0.2, -0.15) is 0 Å². The van der Waals surface area contributed by atoms with Crippen LogP contribution < -0.4 is 4.90 Å². The Labute approximate surface area is 196 Å². The van der Waals surface area contributed by atoms with Gasteiger partial charge in [-0.3, -0.25) is 9.36 Å². The summed E-state index contributed by atoms with van der Waals surface area (Å²) in [6, 6.07) is 19.7. The van der Waals surface area contributed by atoms with Crippen LogP contribution in [0, 0.1) is 0 Å². The van der Waals surface area contributed by atoms with Crippen LogP contribution in [0.2, 0.25) is 0 Å². The van der Waals surface area contributed by atoms with Crippen molar-refractivity contribution in [3.8, 4) is 11.6 Å². The minimum Gasteiger partial charge on any atom is -0.461 e. The number of carbonyl (C=O) groups is 1. The van der Waals surface area contributed by atoms with Gasteiger partial charge in [0.05, 0.1) is 18.6 Å². The summed E-state index contributed by atoms with van der Waals surface area (Å²) in [6.07, 6.45) is 3.42. The van der Waals surface area contributed by atoms with Crippen molar-refractivity contribution in [2.24, 2.45) is 0 Å². The molecule has 0 unspecified atom stereocenters. The molecule has 1 aliphatic heterocycles. The van der Waals surface area contributed by atoms with E-state index >= 15 is 0 Å². The Bertz CT molecular complexity index is 1170. The van der Waals surface area contributed by atoms with Crippen molar-refractivity contribution in [1.82, 2.24) is 24.6 Å². The number of hydrogen-bond donors (Lipinski definition) is 0. The van der Waals surface area contributed by atoms with E-state index in [4.69, 9.17) is 4.42 Å². The minimum atomic E-state index is 0.106. The lowest BCUT2D eigenvalue weighted by Crippen LogP contribution is -2.49. The molecule has 0 spiro atoms. The van der Waals surface area contributed by atoms with E-state index in [0.29, 0.717) is 42.1 Å². The maximum atomic E-state index is 12.9. The summed E-state index contributed by atoms with van der Waals surface area (Å²) in [5.41, 5.74) is 1.13. The van der Waals surface area contributed by atoms with Crippen LogP contribution in [0.5, 0.6) is 0 Å². The van der Waals surface area contributed by atoms with E-state index < -0.39 is 0 Å². The molecule has 0 radical (unpaired) electrons. The summed E-state index contributed by atoms with van der Waals surface area (Å²) in [7, 11) is 0. The Kier molecular flexibility index (Phi) is 6.39. The predicted octanol–water partition coefficient (Wildman–Crippen LogP) is 3.42. The van der Waals surface area contributed by atoms with E-state index in [2.05, 4.69) is 32.2 Å². The fourth-order valence-corrected chi connectivity index (χ4v) is 4.68. The monoisotopic (exact) mass is 460 g/mol. The van der Waals surface area contributed by atoms with Gasteiger partial charge in [0.1, 0.15) is 5.82 Å². The molecule has 1 aliphatic rings. The summed E-state index contributed by atoms with van der Waals surface area (Å²) in [4.78, 5) is 21.4. The van der Waals surface area contributed by atoms with Gasteiger partial charge in [-0.1, -0.05) is 48.2 Å². The first-order valence-electron chi connectivity index (χ1n) is 10.9. The molecule has 168 valence electrons. The molecule has 0 bridgehead atoms. The molecule has 0 N–H and O–H groups in total. The fraction of sp³-hybridized carbons (Fsp3) is 0.250. The van der Waals surface area contributed by atoms with Gasteiger partial charge in [0.2, 0.25) is 11.7 Å². The highest BCUT2D eigenvalue weighted by atomic mass is 32.2. The molecule has 0 atom stereocenters. The van der Waals surface area contributed by atoms with Crippen LogP contribution in [0.3, 0.4) is 0 Å². The number of aromatic nitrogens is 4. The third-order valence-electron chi connectivity index (χ3n) is 5.57. The van der Waals surface area contributed by atoms with Crippen molar-refractivity contribution in [3.63, 3.8) is 0 Å². The first-order chi connectivity index (χ1) is 16.3. The van der Waals surface area contributed by atoms with Crippen molar-refractivity contribution in [3.05, 3.63) is 78.7 Å². The molecular weight excluding hydrogens is 436 g/mol. The van der Waals surface area contributed by atoms with E-state index in [1.54, 1.807) is 12.5 Å². The SMILES string of the molecule is O=C(CSc1nnc(-c2ccco2)n1Cc1ccccc1)N1CCN(c2ccccn2)CC1. The molecule has 1 fully saturated rings. The smallest absolute Gasteiger partial charge is 0.233 e. The van der Waals surface area contributed by atoms with Gasteiger partial charge in [-0.25, -0.2) is 4.98 Å². The van der Waals surface area contributed by atoms with Crippen LogP contribution in [0.25, 0.3) is 11.6 Å². The van der Waals surface area contributed by atoms with Crippen molar-refractivity contribution in [1.29, 1.82) is 0 Å². The van der Waals surface area contributed by atoms with E-state index in [-0.39, 0.29) is 5.91 Å². The lowest BCUT2D eigenvalue weighted by Gasteiger charge is -2.35. The van der Waals surface area contributed by atoms with Gasteiger partial charge in [0, 0.05) is 32.4 Å². The molecule has 3 aromatic heterocycles. The van der Waals surface area contributed by atoms with Crippen LogP contribution in [0.4, 0.5) is 5.82 Å². The lowest BCUT2D eigenvalue weighted by atomic mass is 10.2. The highest BCUT2D eigenvalue weighted by molar-refractivity contribution is 7.99. The Morgan fingerprint density at radius 2 is 1.76 bits per heavy atom. The third kappa shape index (κ3) is 4.93. The quantitative estimate of drug-likeness (QED) is 0.391. The zero-order chi connectivity index (χ0) is 22.5. The maximum absolute atomic E-state index is 12.9. The van der Waals surface area contributed by atoms with Gasteiger partial charge in [-0.15, -0.1) is 10.2 Å². The number of nitrogens with zero attached hydrogens (tertiary/aromatic N) is 6. The molecule has 9 heteroatoms. The zero-order valence-corrected chi connectivity index (χ0v) is 18.9. The summed E-state index contributed by atoms with van der Waals surface area (Å²) >= 11 is 1.41. The molecule has 8 nitrogen and oxygen atoms in total. The van der Waals surface area contributed by atoms with E-state index in [9.17, 15) is 4.79 Å². The Morgan fingerprint density at radius 3 is 2.48 bits per heavy atom. The zero-order valence-electron chi connectivity index (χ0n) is 18.1. The summed E-state index contributed by atoms with van der Waals surface area (Å²) in [5.74, 6) is 2.69. The first-order valence-corrected chi connectivity index (χ1v) is 11.8. The number of hydrogen-bond acceptors (Lipinski definition) is 7. The lowest BCUT2D eigenvalue weighted by molar-refractivity contribution is -0.128. The first kappa shape index (κ1) is 21.3. The second-order valence-corrected chi connectivity index (χ2v) is 8.64. The molecule has 0 aliphatic carbocycles. The number of rotatable bonds is 7. The fourth-order valence-electron chi connectivity index (χ4n) is 3.84. The molecule has 1 amide bonds. The molecule has 5 rings (SSSR count). The minimum absolute atomic E-state index is 0.106. The third-order valence-corrected chi connectivity index (χ3v) is 6.52. The maximum Gasteiger partial charge on any atom is 0.233 e. The summed E-state index contributed by atoms with van der Waals surface area (Å²) in [6.45, 7) is 3.53. The van der Waals surface area contributed by atoms with Crippen molar-refractivity contribution >= 4 is 23.5 Å². The van der Waals surface area contributed by atoms with Gasteiger partial charge < -0.3 is 14.2 Å². The van der Waals surface area contributed by atoms with Crippen molar-refractivity contribution in [2.45, 2.75) is 11.7 Å². The highest BCUT2D eigenvalue weighted by Gasteiger charge is 2.23. The average molecular weight is 461 g/mol. The molecular formula is C24H24N6O2S. The number of thioether (sulfide) groups is 1. The molecule has 33 heavy (non-hydrogen) atoms. The van der Waals surface area contributed by atoms with Gasteiger partial charge in [-0.05, 0) is 29.8 Å². The number of benzene rings is 1. The van der Waals surface area contributed by atoms with E-state index in [0.717, 1.165) is 24.5 Å². The summed E-state index contributed by atoms with van der Waals surface area (Å²) < 4.78 is 7.57. The largest absolute Gasteiger partial charge is 0.461 e. The normalized spacial score (nSPS) is 13.9. The van der Waals surface area contributed by atoms with Crippen LogP contribution >= 0.6 is 11.8 Å². The van der Waals surface area contributed by atoms with Crippen molar-refractivity contribution < 1.29 is 9.21 Å². The number of furan rings is 1. The Morgan fingerprint density at radius 1 is 0.939 bits per heavy atom. The number of amides is 1. The number of carbonyl (C=O) groups excluding carboxylic acids is 1. The molecule has 4 heterocycles. The second kappa shape index (κ2) is 9.91. The van der Waals surface area contributed by atoms with E-state index in [1.807, 2.05) is 58.0 Å².